The van der Waals surface area contributed by atoms with Crippen molar-refractivity contribution in [1.82, 2.24) is 14.6 Å². The molecule has 1 N–H and O–H groups in total. The van der Waals surface area contributed by atoms with E-state index in [-0.39, 0.29) is 0 Å². The summed E-state index contributed by atoms with van der Waals surface area (Å²) in [6, 6.07) is 7.22. The predicted octanol–water partition coefficient (Wildman–Crippen LogP) is 2.55. The van der Waals surface area contributed by atoms with Crippen LogP contribution in [0.4, 0.5) is 0 Å². The second-order valence-corrected chi connectivity index (χ2v) is 8.43. The average Bonchev–Trinajstić information content (AvgIpc) is 2.60. The third kappa shape index (κ3) is 3.31. The van der Waals surface area contributed by atoms with E-state index in [2.05, 4.69) is 10.3 Å². The van der Waals surface area contributed by atoms with E-state index < -0.39 is 10.0 Å². The topological polar surface area (TPSA) is 62.3 Å². The van der Waals surface area contributed by atoms with Crippen molar-refractivity contribution in [3.05, 3.63) is 36.0 Å². The average molecular weight is 347 g/mol. The molecule has 1 aliphatic heterocycles. The van der Waals surface area contributed by atoms with Crippen LogP contribution in [0.2, 0.25) is 0 Å². The molecular weight excluding hydrogens is 322 g/mol. The van der Waals surface area contributed by atoms with E-state index in [1.54, 1.807) is 22.6 Å². The fourth-order valence-electron chi connectivity index (χ4n) is 3.44. The lowest BCUT2D eigenvalue weighted by atomic mass is 9.95. The Morgan fingerprint density at radius 1 is 1.25 bits per heavy atom. The molecule has 2 heterocycles. The Kier molecular flexibility index (Phi) is 5.18. The summed E-state index contributed by atoms with van der Waals surface area (Å²) < 4.78 is 27.9. The van der Waals surface area contributed by atoms with Gasteiger partial charge in [0.2, 0.25) is 10.0 Å². The van der Waals surface area contributed by atoms with Gasteiger partial charge in [0.05, 0.1) is 10.4 Å². The van der Waals surface area contributed by atoms with Crippen molar-refractivity contribution in [2.24, 2.45) is 5.92 Å². The Morgan fingerprint density at radius 2 is 2.00 bits per heavy atom. The molecule has 1 aromatic heterocycles. The van der Waals surface area contributed by atoms with Gasteiger partial charge in [0.15, 0.2) is 0 Å². The molecule has 0 bridgehead atoms. The first kappa shape index (κ1) is 17.3. The van der Waals surface area contributed by atoms with E-state index >= 15 is 0 Å². The highest BCUT2D eigenvalue weighted by Crippen LogP contribution is 2.30. The van der Waals surface area contributed by atoms with Crippen molar-refractivity contribution in [1.29, 1.82) is 0 Å². The summed E-state index contributed by atoms with van der Waals surface area (Å²) in [4.78, 5) is 4.74. The number of nitrogens with one attached hydrogen (secondary N) is 1. The van der Waals surface area contributed by atoms with Crippen LogP contribution in [0.1, 0.15) is 24.8 Å². The molecule has 1 fully saturated rings. The van der Waals surface area contributed by atoms with Crippen LogP contribution in [0.3, 0.4) is 0 Å². The van der Waals surface area contributed by atoms with Crippen molar-refractivity contribution in [2.75, 3.05) is 26.7 Å². The number of piperidine rings is 1. The van der Waals surface area contributed by atoms with Gasteiger partial charge in [0.1, 0.15) is 0 Å². The minimum Gasteiger partial charge on any atom is -0.320 e. The van der Waals surface area contributed by atoms with Gasteiger partial charge >= 0.3 is 0 Å². The lowest BCUT2D eigenvalue weighted by Crippen LogP contribution is -2.39. The monoisotopic (exact) mass is 347 g/mol. The number of aromatic nitrogens is 1. The van der Waals surface area contributed by atoms with Crippen LogP contribution in [0, 0.1) is 12.8 Å². The quantitative estimate of drug-likeness (QED) is 0.903. The molecule has 0 saturated carbocycles. The second kappa shape index (κ2) is 7.17. The molecule has 3 rings (SSSR count). The van der Waals surface area contributed by atoms with Crippen LogP contribution in [0.25, 0.3) is 10.9 Å². The molecule has 1 saturated heterocycles. The molecule has 0 atom stereocenters. The molecular formula is C18H25N3O2S. The number of nitrogens with zero attached hydrogens (tertiary/aromatic N) is 2. The summed E-state index contributed by atoms with van der Waals surface area (Å²) in [5.74, 6) is 0.611. The molecule has 0 aliphatic carbocycles. The third-order valence-electron chi connectivity index (χ3n) is 4.93. The summed E-state index contributed by atoms with van der Waals surface area (Å²) in [6.07, 6.45) is 4.69. The summed E-state index contributed by atoms with van der Waals surface area (Å²) >= 11 is 0. The highest BCUT2D eigenvalue weighted by atomic mass is 32.2. The molecule has 0 radical (unpaired) electrons. The maximum absolute atomic E-state index is 13.1. The number of hydrogen-bond acceptors (Lipinski definition) is 4. The van der Waals surface area contributed by atoms with Gasteiger partial charge in [-0.15, -0.1) is 0 Å². The number of sulfonamides is 1. The van der Waals surface area contributed by atoms with Gasteiger partial charge in [-0.2, -0.15) is 4.31 Å². The molecule has 5 nitrogen and oxygen atoms in total. The first-order chi connectivity index (χ1) is 11.5. The Morgan fingerprint density at radius 3 is 2.71 bits per heavy atom. The highest BCUT2D eigenvalue weighted by molar-refractivity contribution is 7.89. The van der Waals surface area contributed by atoms with Crippen LogP contribution in [-0.2, 0) is 10.0 Å². The zero-order valence-corrected chi connectivity index (χ0v) is 15.1. The van der Waals surface area contributed by atoms with Crippen molar-refractivity contribution in [2.45, 2.75) is 31.1 Å². The van der Waals surface area contributed by atoms with Crippen LogP contribution in [-0.4, -0.2) is 44.4 Å². The van der Waals surface area contributed by atoms with Crippen molar-refractivity contribution >= 4 is 20.9 Å². The molecule has 1 aliphatic rings. The SMILES string of the molecule is CNCCC1CCN(S(=O)(=O)c2ccc(C)c3ncccc23)CC1. The molecule has 1 aromatic carbocycles. The fraction of sp³-hybridized carbons (Fsp3) is 0.500. The lowest BCUT2D eigenvalue weighted by Gasteiger charge is -2.31. The van der Waals surface area contributed by atoms with Crippen LogP contribution >= 0.6 is 0 Å². The maximum Gasteiger partial charge on any atom is 0.243 e. The van der Waals surface area contributed by atoms with Gasteiger partial charge < -0.3 is 5.32 Å². The summed E-state index contributed by atoms with van der Waals surface area (Å²) in [6.45, 7) is 4.16. The van der Waals surface area contributed by atoms with Gasteiger partial charge in [-0.1, -0.05) is 6.07 Å². The van der Waals surface area contributed by atoms with E-state index in [1.807, 2.05) is 26.1 Å². The van der Waals surface area contributed by atoms with Gasteiger partial charge in [-0.05, 0) is 69.5 Å². The Bertz CT molecular complexity index is 812. The van der Waals surface area contributed by atoms with Crippen LogP contribution in [0.15, 0.2) is 35.4 Å². The molecule has 24 heavy (non-hydrogen) atoms. The summed E-state index contributed by atoms with van der Waals surface area (Å²) in [5, 5.41) is 3.89. The smallest absolute Gasteiger partial charge is 0.243 e. The summed E-state index contributed by atoms with van der Waals surface area (Å²) in [7, 11) is -1.52. The molecule has 6 heteroatoms. The highest BCUT2D eigenvalue weighted by Gasteiger charge is 2.30. The van der Waals surface area contributed by atoms with E-state index in [0.717, 1.165) is 42.3 Å². The second-order valence-electron chi connectivity index (χ2n) is 6.52. The van der Waals surface area contributed by atoms with Crippen LogP contribution < -0.4 is 5.32 Å². The Labute approximate surface area is 144 Å². The standard InChI is InChI=1S/C18H25N3O2S/c1-14-5-6-17(16-4-3-10-20-18(14)16)24(22,23)21-12-8-15(9-13-21)7-11-19-2/h3-6,10,15,19H,7-9,11-13H2,1-2H3. The van der Waals surface area contributed by atoms with Crippen molar-refractivity contribution in [3.8, 4) is 0 Å². The number of rotatable bonds is 5. The van der Waals surface area contributed by atoms with Gasteiger partial charge in [0.25, 0.3) is 0 Å². The minimum atomic E-state index is -3.47. The first-order valence-corrected chi connectivity index (χ1v) is 9.97. The number of pyridine rings is 1. The van der Waals surface area contributed by atoms with E-state index in [9.17, 15) is 8.42 Å². The van der Waals surface area contributed by atoms with Gasteiger partial charge in [-0.3, -0.25) is 4.98 Å². The normalized spacial score (nSPS) is 17.4. The number of benzene rings is 1. The molecule has 0 spiro atoms. The third-order valence-corrected chi connectivity index (χ3v) is 6.88. The van der Waals surface area contributed by atoms with E-state index in [4.69, 9.17) is 0 Å². The molecule has 130 valence electrons. The van der Waals surface area contributed by atoms with E-state index in [1.165, 1.54) is 0 Å². The Balaban J connectivity index is 1.86. The van der Waals surface area contributed by atoms with Crippen LogP contribution in [0.5, 0.6) is 0 Å². The number of aryl methyl sites for hydroxylation is 1. The molecule has 2 aromatic rings. The molecule has 0 amide bonds. The largest absolute Gasteiger partial charge is 0.320 e. The first-order valence-electron chi connectivity index (χ1n) is 8.53. The zero-order valence-electron chi connectivity index (χ0n) is 14.3. The minimum absolute atomic E-state index is 0.380. The number of fused-ring (bicyclic) bond motifs is 1. The van der Waals surface area contributed by atoms with E-state index in [0.29, 0.717) is 23.9 Å². The number of hydrogen-bond donors (Lipinski definition) is 1. The van der Waals surface area contributed by atoms with Crippen molar-refractivity contribution < 1.29 is 8.42 Å². The van der Waals surface area contributed by atoms with Gasteiger partial charge in [0, 0.05) is 24.7 Å². The fourth-order valence-corrected chi connectivity index (χ4v) is 5.09. The molecule has 0 unspecified atom stereocenters. The Hall–Kier alpha value is -1.50. The van der Waals surface area contributed by atoms with Crippen molar-refractivity contribution in [3.63, 3.8) is 0 Å². The zero-order chi connectivity index (χ0) is 17.2. The predicted molar refractivity (Wildman–Crippen MR) is 96.5 cm³/mol. The maximum atomic E-state index is 13.1. The summed E-state index contributed by atoms with van der Waals surface area (Å²) in [5.41, 5.74) is 1.76. The van der Waals surface area contributed by atoms with Gasteiger partial charge in [-0.25, -0.2) is 8.42 Å². The lowest BCUT2D eigenvalue weighted by molar-refractivity contribution is 0.263.